The van der Waals surface area contributed by atoms with E-state index in [9.17, 15) is 14.5 Å². The van der Waals surface area contributed by atoms with Crippen LogP contribution in [0.15, 0.2) is 30.3 Å². The maximum absolute atomic E-state index is 12.3. The molecule has 2 atom stereocenters. The van der Waals surface area contributed by atoms with Crippen molar-refractivity contribution in [3.05, 3.63) is 36.0 Å². The summed E-state index contributed by atoms with van der Waals surface area (Å²) in [5, 5.41) is 18.2. The van der Waals surface area contributed by atoms with E-state index >= 15 is 0 Å². The van der Waals surface area contributed by atoms with Gasteiger partial charge in [0.15, 0.2) is 5.82 Å². The molecule has 1 aliphatic rings. The Kier molecular flexibility index (Phi) is 7.52. The molecule has 162 valence electrons. The molecular formula is C21H29N5O3S. The molecule has 1 aromatic heterocycles. The molecule has 0 bridgehead atoms. The number of carbonyl (C=O) groups excluding carboxylic acids is 1. The Labute approximate surface area is 180 Å². The van der Waals surface area contributed by atoms with Crippen LogP contribution in [-0.2, 0) is 16.9 Å². The molecule has 2 amide bonds. The maximum Gasteiger partial charge on any atom is 0.319 e. The van der Waals surface area contributed by atoms with Crippen molar-refractivity contribution in [2.75, 3.05) is 17.2 Å². The van der Waals surface area contributed by atoms with Crippen LogP contribution in [0.4, 0.5) is 16.3 Å². The molecule has 30 heavy (non-hydrogen) atoms. The van der Waals surface area contributed by atoms with Crippen molar-refractivity contribution >= 4 is 28.7 Å². The first-order valence-corrected chi connectivity index (χ1v) is 11.5. The van der Waals surface area contributed by atoms with Crippen LogP contribution in [0.3, 0.4) is 0 Å². The van der Waals surface area contributed by atoms with Gasteiger partial charge in [-0.05, 0) is 69.1 Å². The standard InChI is InChI=1S/C21H29N5O3S/c1-13(2)30(29)12-18-10-19(22-14(3)11-27)26-20(23-18)15-4-6-16(7-5-15)24-21(28)25-17-8-9-17/h4-7,10,13-14,17,27H,8-9,11-12H2,1-3H3,(H,22,23,26)(H2,24,25,28)/t14-,30?/m0/s1. The lowest BCUT2D eigenvalue weighted by molar-refractivity contribution is 0.251. The van der Waals surface area contributed by atoms with Gasteiger partial charge in [-0.2, -0.15) is 0 Å². The monoisotopic (exact) mass is 431 g/mol. The third-order valence-electron chi connectivity index (χ3n) is 4.58. The van der Waals surface area contributed by atoms with E-state index in [1.165, 1.54) is 0 Å². The van der Waals surface area contributed by atoms with Crippen molar-refractivity contribution in [2.24, 2.45) is 0 Å². The number of anilines is 2. The number of aliphatic hydroxyl groups is 1. The summed E-state index contributed by atoms with van der Waals surface area (Å²) in [6.07, 6.45) is 2.07. The summed E-state index contributed by atoms with van der Waals surface area (Å²) in [7, 11) is 0. The Balaban J connectivity index is 1.79. The first kappa shape index (κ1) is 22.3. The maximum atomic E-state index is 12.3. The number of aliphatic hydroxyl groups excluding tert-OH is 1. The van der Waals surface area contributed by atoms with Gasteiger partial charge in [-0.3, -0.25) is 0 Å². The molecule has 0 radical (unpaired) electrons. The van der Waals surface area contributed by atoms with Crippen LogP contribution in [0.25, 0.3) is 11.4 Å². The van der Waals surface area contributed by atoms with Gasteiger partial charge in [-0.15, -0.1) is 0 Å². The number of carbonyl (C=O) groups is 1. The van der Waals surface area contributed by atoms with E-state index in [1.807, 2.05) is 32.9 Å². The molecular weight excluding hydrogens is 402 g/mol. The summed E-state index contributed by atoms with van der Waals surface area (Å²) in [6, 6.07) is 8.96. The first-order chi connectivity index (χ1) is 14.3. The smallest absolute Gasteiger partial charge is 0.319 e. The molecule has 3 rings (SSSR count). The third-order valence-corrected chi connectivity index (χ3v) is 6.21. The minimum absolute atomic E-state index is 0.0309. The highest BCUT2D eigenvalue weighted by Crippen LogP contribution is 2.23. The topological polar surface area (TPSA) is 122 Å². The molecule has 0 saturated heterocycles. The largest absolute Gasteiger partial charge is 0.616 e. The van der Waals surface area contributed by atoms with Crippen molar-refractivity contribution in [3.63, 3.8) is 0 Å². The zero-order valence-corrected chi connectivity index (χ0v) is 18.3. The van der Waals surface area contributed by atoms with E-state index in [2.05, 4.69) is 25.9 Å². The summed E-state index contributed by atoms with van der Waals surface area (Å²) >= 11 is -1.04. The van der Waals surface area contributed by atoms with Crippen molar-refractivity contribution in [1.82, 2.24) is 15.3 Å². The van der Waals surface area contributed by atoms with Gasteiger partial charge in [0.2, 0.25) is 0 Å². The van der Waals surface area contributed by atoms with E-state index < -0.39 is 11.2 Å². The quantitative estimate of drug-likeness (QED) is 0.453. The molecule has 1 aliphatic carbocycles. The van der Waals surface area contributed by atoms with Crippen molar-refractivity contribution < 1.29 is 14.5 Å². The zero-order chi connectivity index (χ0) is 21.7. The van der Waals surface area contributed by atoms with Crippen LogP contribution >= 0.6 is 0 Å². The average molecular weight is 432 g/mol. The lowest BCUT2D eigenvalue weighted by Crippen LogP contribution is -2.30. The van der Waals surface area contributed by atoms with Crippen LogP contribution in [0.5, 0.6) is 0 Å². The van der Waals surface area contributed by atoms with E-state index in [-0.39, 0.29) is 23.9 Å². The Hall–Kier alpha value is -2.36. The Morgan fingerprint density at radius 3 is 2.53 bits per heavy atom. The van der Waals surface area contributed by atoms with Gasteiger partial charge >= 0.3 is 6.03 Å². The van der Waals surface area contributed by atoms with Gasteiger partial charge in [0.05, 0.1) is 12.3 Å². The summed E-state index contributed by atoms with van der Waals surface area (Å²) in [6.45, 7) is 5.64. The van der Waals surface area contributed by atoms with Crippen LogP contribution in [0.2, 0.25) is 0 Å². The van der Waals surface area contributed by atoms with E-state index in [1.54, 1.807) is 18.2 Å². The van der Waals surface area contributed by atoms with Gasteiger partial charge in [0, 0.05) is 29.4 Å². The van der Waals surface area contributed by atoms with Crippen molar-refractivity contribution in [2.45, 2.75) is 56.7 Å². The molecule has 0 spiro atoms. The number of aromatic nitrogens is 2. The van der Waals surface area contributed by atoms with Gasteiger partial charge < -0.3 is 25.6 Å². The number of urea groups is 1. The highest BCUT2D eigenvalue weighted by Gasteiger charge is 2.23. The fourth-order valence-electron chi connectivity index (χ4n) is 2.67. The normalized spacial score (nSPS) is 15.5. The number of benzene rings is 1. The molecule has 1 aromatic carbocycles. The molecule has 1 unspecified atom stereocenters. The van der Waals surface area contributed by atoms with Crippen LogP contribution in [0, 0.1) is 0 Å². The molecule has 9 heteroatoms. The van der Waals surface area contributed by atoms with Gasteiger partial charge in [0.1, 0.15) is 16.8 Å². The fourth-order valence-corrected chi connectivity index (χ4v) is 3.44. The lowest BCUT2D eigenvalue weighted by atomic mass is 10.2. The van der Waals surface area contributed by atoms with Gasteiger partial charge in [-0.1, -0.05) is 0 Å². The van der Waals surface area contributed by atoms with Crippen LogP contribution in [0.1, 0.15) is 39.3 Å². The van der Waals surface area contributed by atoms with E-state index in [0.717, 1.165) is 18.4 Å². The molecule has 4 N–H and O–H groups in total. The molecule has 0 aliphatic heterocycles. The predicted octanol–water partition coefficient (Wildman–Crippen LogP) is 2.88. The number of rotatable bonds is 9. The number of hydrogen-bond acceptors (Lipinski definition) is 6. The van der Waals surface area contributed by atoms with Crippen LogP contribution < -0.4 is 16.0 Å². The highest BCUT2D eigenvalue weighted by atomic mass is 32.2. The van der Waals surface area contributed by atoms with Crippen molar-refractivity contribution in [3.8, 4) is 11.4 Å². The molecule has 8 nitrogen and oxygen atoms in total. The lowest BCUT2D eigenvalue weighted by Gasteiger charge is -2.17. The second kappa shape index (κ2) is 10.1. The Morgan fingerprint density at radius 2 is 1.93 bits per heavy atom. The number of hydrogen-bond donors (Lipinski definition) is 4. The highest BCUT2D eigenvalue weighted by molar-refractivity contribution is 7.91. The molecule has 1 saturated carbocycles. The number of amides is 2. The van der Waals surface area contributed by atoms with Gasteiger partial charge in [0.25, 0.3) is 0 Å². The van der Waals surface area contributed by atoms with Gasteiger partial charge in [-0.25, -0.2) is 14.8 Å². The Morgan fingerprint density at radius 1 is 1.23 bits per heavy atom. The van der Waals surface area contributed by atoms with E-state index in [4.69, 9.17) is 0 Å². The fraction of sp³-hybridized carbons (Fsp3) is 0.476. The van der Waals surface area contributed by atoms with E-state index in [0.29, 0.717) is 34.8 Å². The minimum atomic E-state index is -1.04. The zero-order valence-electron chi connectivity index (χ0n) is 17.5. The molecule has 2 aromatic rings. The minimum Gasteiger partial charge on any atom is -0.616 e. The summed E-state index contributed by atoms with van der Waals surface area (Å²) < 4.78 is 12.3. The SMILES string of the molecule is CC(C)[S+]([O-])Cc1cc(N[C@@H](C)CO)nc(-c2ccc(NC(=O)NC3CC3)cc2)n1. The third kappa shape index (κ3) is 6.58. The second-order valence-corrected chi connectivity index (χ2v) is 9.81. The van der Waals surface area contributed by atoms with Crippen molar-refractivity contribution in [1.29, 1.82) is 0 Å². The Bertz CT molecular complexity index is 858. The first-order valence-electron chi connectivity index (χ1n) is 10.1. The summed E-state index contributed by atoms with van der Waals surface area (Å²) in [5.74, 6) is 1.40. The summed E-state index contributed by atoms with van der Waals surface area (Å²) in [4.78, 5) is 21.0. The summed E-state index contributed by atoms with van der Waals surface area (Å²) in [5.41, 5.74) is 2.13. The average Bonchev–Trinajstić information content (AvgIpc) is 3.52. The molecule has 1 heterocycles. The number of nitrogens with one attached hydrogen (secondary N) is 3. The molecule has 1 fully saturated rings. The second-order valence-electron chi connectivity index (χ2n) is 7.82. The van der Waals surface area contributed by atoms with Crippen LogP contribution in [-0.4, -0.2) is 49.6 Å². The number of nitrogens with zero attached hydrogens (tertiary/aromatic N) is 2. The predicted molar refractivity (Wildman–Crippen MR) is 120 cm³/mol.